The van der Waals surface area contributed by atoms with Gasteiger partial charge >= 0.3 is 6.09 Å². The second-order valence-corrected chi connectivity index (χ2v) is 6.93. The summed E-state index contributed by atoms with van der Waals surface area (Å²) < 4.78 is 6.42. The van der Waals surface area contributed by atoms with Crippen molar-refractivity contribution in [1.82, 2.24) is 5.32 Å². The third-order valence-corrected chi connectivity index (χ3v) is 4.02. The van der Waals surface area contributed by atoms with Crippen LogP contribution in [0.5, 0.6) is 0 Å². The van der Waals surface area contributed by atoms with E-state index in [4.69, 9.17) is 12.6 Å². The van der Waals surface area contributed by atoms with E-state index in [1.54, 1.807) is 11.3 Å². The predicted molar refractivity (Wildman–Crippen MR) is 85.0 cm³/mol. The van der Waals surface area contributed by atoms with Gasteiger partial charge in [0.2, 0.25) is 0 Å². The molecule has 0 bridgehead atoms. The van der Waals surface area contributed by atoms with Gasteiger partial charge in [-0.3, -0.25) is 0 Å². The van der Waals surface area contributed by atoms with Gasteiger partial charge in [-0.05, 0) is 45.2 Å². The molecule has 5 heteroatoms. The smallest absolute Gasteiger partial charge is 0.408 e. The Kier molecular flexibility index (Phi) is 4.09. The zero-order valence-corrected chi connectivity index (χ0v) is 13.0. The summed E-state index contributed by atoms with van der Waals surface area (Å²) in [6.45, 7) is 7.48. The minimum Gasteiger partial charge on any atom is -0.444 e. The maximum absolute atomic E-state index is 11.8. The Morgan fingerprint density at radius 2 is 2.05 bits per heavy atom. The Hall–Kier alpha value is -1.49. The van der Waals surface area contributed by atoms with Crippen LogP contribution >= 0.6 is 11.3 Å². The van der Waals surface area contributed by atoms with Gasteiger partial charge in [0.15, 0.2) is 0 Å². The van der Waals surface area contributed by atoms with Crippen LogP contribution in [-0.2, 0) is 4.74 Å². The van der Waals surface area contributed by atoms with Gasteiger partial charge in [-0.25, -0.2) is 4.79 Å². The quantitative estimate of drug-likeness (QED) is 0.861. The lowest BCUT2D eigenvalue weighted by atomic mass is 9.95. The molecule has 1 N–H and O–H groups in total. The number of carbonyl (C=O) groups is 1. The highest BCUT2D eigenvalue weighted by Gasteiger charge is 2.19. The number of fused-ring (bicyclic) bond motifs is 1. The first-order valence-corrected chi connectivity index (χ1v) is 7.35. The standard InChI is InChI=1S/C15H18BNO2S/c1-9(17-14(18)19-15(2,3)4)13-8-10-7-11(16)5-6-12(10)20-13/h5-9H,1-4H3,(H,17,18). The predicted octanol–water partition coefficient (Wildman–Crippen LogP) is 3.28. The molecule has 0 aliphatic carbocycles. The lowest BCUT2D eigenvalue weighted by Gasteiger charge is -2.21. The van der Waals surface area contributed by atoms with Crippen molar-refractivity contribution in [2.45, 2.75) is 39.3 Å². The Morgan fingerprint density at radius 1 is 1.35 bits per heavy atom. The summed E-state index contributed by atoms with van der Waals surface area (Å²) >= 11 is 1.65. The maximum Gasteiger partial charge on any atom is 0.408 e. The van der Waals surface area contributed by atoms with Crippen LogP contribution in [-0.4, -0.2) is 19.5 Å². The van der Waals surface area contributed by atoms with Crippen molar-refractivity contribution in [3.63, 3.8) is 0 Å². The fraction of sp³-hybridized carbons (Fsp3) is 0.400. The van der Waals surface area contributed by atoms with E-state index in [0.717, 1.165) is 20.4 Å². The molecule has 3 nitrogen and oxygen atoms in total. The molecular weight excluding hydrogens is 269 g/mol. The number of amides is 1. The van der Waals surface area contributed by atoms with Crippen molar-refractivity contribution >= 4 is 40.8 Å². The van der Waals surface area contributed by atoms with Crippen molar-refractivity contribution in [1.29, 1.82) is 0 Å². The van der Waals surface area contributed by atoms with Crippen molar-refractivity contribution in [2.24, 2.45) is 0 Å². The van der Waals surface area contributed by atoms with E-state index in [0.29, 0.717) is 0 Å². The summed E-state index contributed by atoms with van der Waals surface area (Å²) in [4.78, 5) is 12.8. The molecule has 0 fully saturated rings. The van der Waals surface area contributed by atoms with Crippen molar-refractivity contribution in [2.75, 3.05) is 0 Å². The van der Waals surface area contributed by atoms with E-state index in [-0.39, 0.29) is 6.04 Å². The van der Waals surface area contributed by atoms with Gasteiger partial charge in [0.25, 0.3) is 0 Å². The van der Waals surface area contributed by atoms with Gasteiger partial charge in [-0.15, -0.1) is 11.3 Å². The molecule has 2 aromatic rings. The second kappa shape index (κ2) is 5.48. The summed E-state index contributed by atoms with van der Waals surface area (Å²) in [7, 11) is 5.77. The number of ether oxygens (including phenoxy) is 1. The highest BCUT2D eigenvalue weighted by molar-refractivity contribution is 7.19. The van der Waals surface area contributed by atoms with E-state index in [2.05, 4.69) is 11.4 Å². The molecule has 1 heterocycles. The largest absolute Gasteiger partial charge is 0.444 e. The van der Waals surface area contributed by atoms with Gasteiger partial charge in [-0.1, -0.05) is 17.6 Å². The summed E-state index contributed by atoms with van der Waals surface area (Å²) in [6, 6.07) is 7.78. The molecule has 0 aliphatic heterocycles. The van der Waals surface area contributed by atoms with Crippen molar-refractivity contribution in [3.05, 3.63) is 29.1 Å². The third kappa shape index (κ3) is 3.76. The second-order valence-electron chi connectivity index (χ2n) is 5.81. The van der Waals surface area contributed by atoms with Gasteiger partial charge in [0, 0.05) is 9.58 Å². The van der Waals surface area contributed by atoms with Crippen LogP contribution in [0, 0.1) is 0 Å². The lowest BCUT2D eigenvalue weighted by molar-refractivity contribution is 0.0509. The fourth-order valence-electron chi connectivity index (χ4n) is 1.85. The molecule has 2 radical (unpaired) electrons. The minimum absolute atomic E-state index is 0.0940. The lowest BCUT2D eigenvalue weighted by Crippen LogP contribution is -2.33. The van der Waals surface area contributed by atoms with Crippen LogP contribution in [0.15, 0.2) is 24.3 Å². The summed E-state index contributed by atoms with van der Waals surface area (Å²) in [5, 5.41) is 3.95. The van der Waals surface area contributed by atoms with E-state index in [9.17, 15) is 4.79 Å². The zero-order chi connectivity index (χ0) is 14.9. The van der Waals surface area contributed by atoms with E-state index < -0.39 is 11.7 Å². The SMILES string of the molecule is [B]c1ccc2sc(C(C)NC(=O)OC(C)(C)C)cc2c1. The number of nitrogens with one attached hydrogen (secondary N) is 1. The molecule has 104 valence electrons. The Balaban J connectivity index is 2.11. The van der Waals surface area contributed by atoms with Gasteiger partial charge in [-0.2, -0.15) is 0 Å². The fourth-order valence-corrected chi connectivity index (χ4v) is 2.90. The average molecular weight is 287 g/mol. The molecule has 2 rings (SSSR count). The number of benzene rings is 1. The summed E-state index contributed by atoms with van der Waals surface area (Å²) in [5.74, 6) is 0. The molecule has 1 aromatic heterocycles. The molecule has 20 heavy (non-hydrogen) atoms. The van der Waals surface area contributed by atoms with Crippen LogP contribution in [0.3, 0.4) is 0 Å². The molecule has 1 amide bonds. The van der Waals surface area contributed by atoms with E-state index >= 15 is 0 Å². The van der Waals surface area contributed by atoms with Crippen LogP contribution in [0.2, 0.25) is 0 Å². The van der Waals surface area contributed by atoms with Gasteiger partial charge in [0.05, 0.1) is 6.04 Å². The first-order valence-electron chi connectivity index (χ1n) is 6.53. The molecule has 0 saturated carbocycles. The first kappa shape index (κ1) is 14.9. The zero-order valence-electron chi connectivity index (χ0n) is 12.2. The number of carbonyl (C=O) groups excluding carboxylic acids is 1. The minimum atomic E-state index is -0.488. The number of thiophene rings is 1. The topological polar surface area (TPSA) is 38.3 Å². The normalized spacial score (nSPS) is 13.2. The Morgan fingerprint density at radius 3 is 2.70 bits per heavy atom. The number of hydrogen-bond acceptors (Lipinski definition) is 3. The van der Waals surface area contributed by atoms with Gasteiger partial charge < -0.3 is 10.1 Å². The Labute approximate surface area is 124 Å². The summed E-state index contributed by atoms with van der Waals surface area (Å²) in [5.41, 5.74) is 0.257. The first-order chi connectivity index (χ1) is 9.24. The third-order valence-electron chi connectivity index (χ3n) is 2.72. The van der Waals surface area contributed by atoms with Crippen LogP contribution in [0.1, 0.15) is 38.6 Å². The summed E-state index contributed by atoms with van der Waals surface area (Å²) in [6.07, 6.45) is -0.401. The highest BCUT2D eigenvalue weighted by Crippen LogP contribution is 2.29. The molecule has 0 aliphatic rings. The maximum atomic E-state index is 11.8. The molecular formula is C15H18BNO2S. The van der Waals surface area contributed by atoms with Crippen LogP contribution in [0.4, 0.5) is 4.79 Å². The van der Waals surface area contributed by atoms with E-state index in [1.807, 2.05) is 45.9 Å². The molecule has 1 unspecified atom stereocenters. The number of alkyl carbamates (subject to hydrolysis) is 1. The van der Waals surface area contributed by atoms with Crippen LogP contribution in [0.25, 0.3) is 10.1 Å². The monoisotopic (exact) mass is 287 g/mol. The number of hydrogen-bond donors (Lipinski definition) is 1. The molecule has 1 aromatic carbocycles. The van der Waals surface area contributed by atoms with Crippen molar-refractivity contribution < 1.29 is 9.53 Å². The van der Waals surface area contributed by atoms with Crippen molar-refractivity contribution in [3.8, 4) is 0 Å². The van der Waals surface area contributed by atoms with Gasteiger partial charge in [0.1, 0.15) is 13.4 Å². The Bertz CT molecular complexity index is 630. The number of rotatable bonds is 2. The van der Waals surface area contributed by atoms with E-state index in [1.165, 1.54) is 0 Å². The molecule has 1 atom stereocenters. The average Bonchev–Trinajstić information content (AvgIpc) is 2.68. The highest BCUT2D eigenvalue weighted by atomic mass is 32.1. The molecule has 0 spiro atoms. The molecule has 0 saturated heterocycles. The van der Waals surface area contributed by atoms with Crippen LogP contribution < -0.4 is 10.8 Å².